The van der Waals surface area contributed by atoms with Gasteiger partial charge in [-0.05, 0) is 31.0 Å². The molecule has 0 heterocycles. The van der Waals surface area contributed by atoms with Gasteiger partial charge in [-0.15, -0.1) is 0 Å². The standard InChI is InChI=1S/C12H18ClNO/c1-8(2)9(3)14-11-7-10(13)5-6-12(11)15-4/h5-9,14H,1-4H3/t9-/m0/s1. The van der Waals surface area contributed by atoms with Gasteiger partial charge in [0.15, 0.2) is 0 Å². The Morgan fingerprint density at radius 1 is 1.27 bits per heavy atom. The zero-order valence-corrected chi connectivity index (χ0v) is 10.4. The third-order valence-electron chi connectivity index (χ3n) is 2.54. The van der Waals surface area contributed by atoms with Crippen molar-refractivity contribution >= 4 is 17.3 Å². The van der Waals surface area contributed by atoms with Crippen LogP contribution in [-0.4, -0.2) is 13.2 Å². The van der Waals surface area contributed by atoms with E-state index in [9.17, 15) is 0 Å². The maximum atomic E-state index is 5.94. The summed E-state index contributed by atoms with van der Waals surface area (Å²) in [6.07, 6.45) is 0. The van der Waals surface area contributed by atoms with Crippen LogP contribution in [0.3, 0.4) is 0 Å². The van der Waals surface area contributed by atoms with Gasteiger partial charge < -0.3 is 10.1 Å². The van der Waals surface area contributed by atoms with Crippen LogP contribution < -0.4 is 10.1 Å². The summed E-state index contributed by atoms with van der Waals surface area (Å²) >= 11 is 5.94. The van der Waals surface area contributed by atoms with Crippen molar-refractivity contribution in [3.63, 3.8) is 0 Å². The normalized spacial score (nSPS) is 12.7. The molecule has 1 atom stereocenters. The van der Waals surface area contributed by atoms with Gasteiger partial charge in [-0.3, -0.25) is 0 Å². The quantitative estimate of drug-likeness (QED) is 0.845. The van der Waals surface area contributed by atoms with Crippen molar-refractivity contribution in [3.05, 3.63) is 23.2 Å². The molecule has 3 heteroatoms. The molecule has 0 fully saturated rings. The zero-order chi connectivity index (χ0) is 11.4. The molecule has 1 rings (SSSR count). The fourth-order valence-electron chi connectivity index (χ4n) is 1.20. The van der Waals surface area contributed by atoms with Crippen molar-refractivity contribution in [1.29, 1.82) is 0 Å². The SMILES string of the molecule is COc1ccc(Cl)cc1N[C@@H](C)C(C)C. The van der Waals surface area contributed by atoms with Crippen molar-refractivity contribution in [2.24, 2.45) is 5.92 Å². The molecular formula is C12H18ClNO. The molecular weight excluding hydrogens is 210 g/mol. The van der Waals surface area contributed by atoms with E-state index in [2.05, 4.69) is 26.1 Å². The zero-order valence-electron chi connectivity index (χ0n) is 9.67. The van der Waals surface area contributed by atoms with Crippen LogP contribution in [0.1, 0.15) is 20.8 Å². The number of anilines is 1. The number of methoxy groups -OCH3 is 1. The average Bonchev–Trinajstić information content (AvgIpc) is 2.18. The van der Waals surface area contributed by atoms with Crippen molar-refractivity contribution in [3.8, 4) is 5.75 Å². The molecule has 84 valence electrons. The maximum absolute atomic E-state index is 5.94. The minimum absolute atomic E-state index is 0.386. The molecule has 0 aromatic heterocycles. The smallest absolute Gasteiger partial charge is 0.142 e. The van der Waals surface area contributed by atoms with E-state index < -0.39 is 0 Å². The van der Waals surface area contributed by atoms with Gasteiger partial charge >= 0.3 is 0 Å². The summed E-state index contributed by atoms with van der Waals surface area (Å²) in [5.41, 5.74) is 0.950. The summed E-state index contributed by atoms with van der Waals surface area (Å²) in [5, 5.41) is 4.11. The van der Waals surface area contributed by atoms with Crippen molar-refractivity contribution in [2.45, 2.75) is 26.8 Å². The molecule has 1 aromatic rings. The molecule has 0 aliphatic carbocycles. The number of ether oxygens (including phenoxy) is 1. The van der Waals surface area contributed by atoms with Gasteiger partial charge in [0.05, 0.1) is 12.8 Å². The summed E-state index contributed by atoms with van der Waals surface area (Å²) in [7, 11) is 1.66. The largest absolute Gasteiger partial charge is 0.495 e. The van der Waals surface area contributed by atoms with E-state index in [-0.39, 0.29) is 0 Å². The third-order valence-corrected chi connectivity index (χ3v) is 2.78. The van der Waals surface area contributed by atoms with Crippen LogP contribution >= 0.6 is 11.6 Å². The van der Waals surface area contributed by atoms with Crippen molar-refractivity contribution in [2.75, 3.05) is 12.4 Å². The molecule has 1 N–H and O–H groups in total. The molecule has 0 aliphatic heterocycles. The van der Waals surface area contributed by atoms with Gasteiger partial charge in [-0.2, -0.15) is 0 Å². The third kappa shape index (κ3) is 3.31. The van der Waals surface area contributed by atoms with Crippen LogP contribution in [0, 0.1) is 5.92 Å². The van der Waals surface area contributed by atoms with E-state index in [0.717, 1.165) is 11.4 Å². The van der Waals surface area contributed by atoms with E-state index in [0.29, 0.717) is 17.0 Å². The predicted molar refractivity (Wildman–Crippen MR) is 65.9 cm³/mol. The van der Waals surface area contributed by atoms with E-state index in [1.165, 1.54) is 0 Å². The summed E-state index contributed by atoms with van der Waals surface area (Å²) in [6, 6.07) is 5.97. The van der Waals surface area contributed by atoms with Gasteiger partial charge in [0.2, 0.25) is 0 Å². The van der Waals surface area contributed by atoms with Crippen LogP contribution in [0.25, 0.3) is 0 Å². The average molecular weight is 228 g/mol. The van der Waals surface area contributed by atoms with E-state index >= 15 is 0 Å². The Morgan fingerprint density at radius 3 is 2.47 bits per heavy atom. The lowest BCUT2D eigenvalue weighted by Crippen LogP contribution is -2.21. The fraction of sp³-hybridized carbons (Fsp3) is 0.500. The number of hydrogen-bond donors (Lipinski definition) is 1. The van der Waals surface area contributed by atoms with Gasteiger partial charge in [0.25, 0.3) is 0 Å². The van der Waals surface area contributed by atoms with Gasteiger partial charge in [0.1, 0.15) is 5.75 Å². The monoisotopic (exact) mass is 227 g/mol. The predicted octanol–water partition coefficient (Wildman–Crippen LogP) is 3.81. The second-order valence-electron chi connectivity index (χ2n) is 4.02. The maximum Gasteiger partial charge on any atom is 0.142 e. The molecule has 0 bridgehead atoms. The molecule has 0 amide bonds. The highest BCUT2D eigenvalue weighted by atomic mass is 35.5. The molecule has 15 heavy (non-hydrogen) atoms. The lowest BCUT2D eigenvalue weighted by Gasteiger charge is -2.20. The second kappa shape index (κ2) is 5.26. The Labute approximate surface area is 96.6 Å². The highest BCUT2D eigenvalue weighted by molar-refractivity contribution is 6.30. The second-order valence-corrected chi connectivity index (χ2v) is 4.46. The molecule has 1 aromatic carbocycles. The molecule has 0 saturated carbocycles. The first-order valence-corrected chi connectivity index (χ1v) is 5.52. The first-order chi connectivity index (χ1) is 7.04. The molecule has 2 nitrogen and oxygen atoms in total. The summed E-state index contributed by atoms with van der Waals surface area (Å²) in [5.74, 6) is 1.39. The lowest BCUT2D eigenvalue weighted by atomic mass is 10.1. The highest BCUT2D eigenvalue weighted by Crippen LogP contribution is 2.28. The van der Waals surface area contributed by atoms with Crippen LogP contribution in [0.15, 0.2) is 18.2 Å². The van der Waals surface area contributed by atoms with Crippen LogP contribution in [-0.2, 0) is 0 Å². The number of hydrogen-bond acceptors (Lipinski definition) is 2. The Balaban J connectivity index is 2.87. The van der Waals surface area contributed by atoms with Crippen molar-refractivity contribution in [1.82, 2.24) is 0 Å². The van der Waals surface area contributed by atoms with E-state index in [4.69, 9.17) is 16.3 Å². The van der Waals surface area contributed by atoms with Crippen LogP contribution in [0.5, 0.6) is 5.75 Å². The van der Waals surface area contributed by atoms with E-state index in [1.807, 2.05) is 18.2 Å². The minimum Gasteiger partial charge on any atom is -0.495 e. The minimum atomic E-state index is 0.386. The summed E-state index contributed by atoms with van der Waals surface area (Å²) < 4.78 is 5.26. The number of halogens is 1. The lowest BCUT2D eigenvalue weighted by molar-refractivity contribution is 0.415. The van der Waals surface area contributed by atoms with Crippen LogP contribution in [0.4, 0.5) is 5.69 Å². The molecule has 0 saturated heterocycles. The number of nitrogens with one attached hydrogen (secondary N) is 1. The van der Waals surface area contributed by atoms with Crippen LogP contribution in [0.2, 0.25) is 5.02 Å². The van der Waals surface area contributed by atoms with Gasteiger partial charge in [0, 0.05) is 11.1 Å². The van der Waals surface area contributed by atoms with Gasteiger partial charge in [-0.25, -0.2) is 0 Å². The fourth-order valence-corrected chi connectivity index (χ4v) is 1.38. The molecule has 0 radical (unpaired) electrons. The van der Waals surface area contributed by atoms with Crippen molar-refractivity contribution < 1.29 is 4.74 Å². The highest BCUT2D eigenvalue weighted by Gasteiger charge is 2.10. The molecule has 0 aliphatic rings. The Bertz CT molecular complexity index is 325. The summed E-state index contributed by atoms with van der Waals surface area (Å²) in [6.45, 7) is 6.49. The Kier molecular flexibility index (Phi) is 4.28. The van der Waals surface area contributed by atoms with Gasteiger partial charge in [-0.1, -0.05) is 25.4 Å². The Hall–Kier alpha value is -0.890. The molecule has 0 unspecified atom stereocenters. The van der Waals surface area contributed by atoms with E-state index in [1.54, 1.807) is 7.11 Å². The number of benzene rings is 1. The number of rotatable bonds is 4. The first kappa shape index (κ1) is 12.2. The topological polar surface area (TPSA) is 21.3 Å². The summed E-state index contributed by atoms with van der Waals surface area (Å²) in [4.78, 5) is 0. The molecule has 0 spiro atoms. The first-order valence-electron chi connectivity index (χ1n) is 5.14. The Morgan fingerprint density at radius 2 is 1.93 bits per heavy atom.